The Morgan fingerprint density at radius 2 is 2.22 bits per heavy atom. The van der Waals surface area contributed by atoms with Gasteiger partial charge < -0.3 is 15.6 Å². The predicted molar refractivity (Wildman–Crippen MR) is 71.0 cm³/mol. The number of aromatic nitrogens is 1. The van der Waals surface area contributed by atoms with Crippen molar-refractivity contribution in [1.29, 1.82) is 0 Å². The normalized spacial score (nSPS) is 14.9. The fourth-order valence-electron chi connectivity index (χ4n) is 2.26. The lowest BCUT2D eigenvalue weighted by Gasteiger charge is -2.07. The largest absolute Gasteiger partial charge is 0.352 e. The topological polar surface area (TPSA) is 60.0 Å². The van der Waals surface area contributed by atoms with Crippen LogP contribution in [-0.2, 0) is 17.9 Å². The van der Waals surface area contributed by atoms with Gasteiger partial charge in [-0.1, -0.05) is 12.1 Å². The van der Waals surface area contributed by atoms with Gasteiger partial charge in [-0.15, -0.1) is 0 Å². The highest BCUT2D eigenvalue weighted by Gasteiger charge is 2.23. The lowest BCUT2D eigenvalue weighted by Crippen LogP contribution is -2.29. The third-order valence-electron chi connectivity index (χ3n) is 3.38. The van der Waals surface area contributed by atoms with Crippen LogP contribution in [0.15, 0.2) is 30.5 Å². The van der Waals surface area contributed by atoms with Gasteiger partial charge in [0.2, 0.25) is 5.91 Å². The van der Waals surface area contributed by atoms with Crippen LogP contribution in [0.4, 0.5) is 0 Å². The SMILES string of the molecule is NCc1cccc2c1ccn2CC(=O)NC1CC1. The van der Waals surface area contributed by atoms with E-state index in [4.69, 9.17) is 5.73 Å². The Morgan fingerprint density at radius 1 is 1.39 bits per heavy atom. The minimum Gasteiger partial charge on any atom is -0.352 e. The van der Waals surface area contributed by atoms with Crippen LogP contribution in [0.1, 0.15) is 18.4 Å². The zero-order chi connectivity index (χ0) is 12.5. The molecule has 1 heterocycles. The molecule has 1 aromatic heterocycles. The van der Waals surface area contributed by atoms with Crippen molar-refractivity contribution < 1.29 is 4.79 Å². The molecule has 0 saturated heterocycles. The molecule has 0 bridgehead atoms. The van der Waals surface area contributed by atoms with E-state index in [1.165, 1.54) is 0 Å². The Bertz CT molecular complexity index is 584. The summed E-state index contributed by atoms with van der Waals surface area (Å²) < 4.78 is 1.98. The molecule has 3 N–H and O–H groups in total. The van der Waals surface area contributed by atoms with Crippen molar-refractivity contribution in [3.63, 3.8) is 0 Å². The average Bonchev–Trinajstić information content (AvgIpc) is 3.09. The van der Waals surface area contributed by atoms with Crippen LogP contribution in [-0.4, -0.2) is 16.5 Å². The summed E-state index contributed by atoms with van der Waals surface area (Å²) >= 11 is 0. The zero-order valence-corrected chi connectivity index (χ0v) is 10.2. The molecule has 4 nitrogen and oxygen atoms in total. The van der Waals surface area contributed by atoms with Crippen molar-refractivity contribution in [2.45, 2.75) is 32.0 Å². The van der Waals surface area contributed by atoms with E-state index in [9.17, 15) is 4.79 Å². The standard InChI is InChI=1S/C14H17N3O/c15-8-10-2-1-3-13-12(10)6-7-17(13)9-14(18)16-11-4-5-11/h1-3,6-7,11H,4-5,8-9,15H2,(H,16,18). The molecular weight excluding hydrogens is 226 g/mol. The number of carbonyl (C=O) groups is 1. The fraction of sp³-hybridized carbons (Fsp3) is 0.357. The van der Waals surface area contributed by atoms with E-state index in [2.05, 4.69) is 5.32 Å². The molecule has 1 aliphatic rings. The number of carbonyl (C=O) groups excluding carboxylic acids is 1. The Labute approximate surface area is 106 Å². The molecular formula is C14H17N3O. The summed E-state index contributed by atoms with van der Waals surface area (Å²) in [5.41, 5.74) is 7.90. The highest BCUT2D eigenvalue weighted by atomic mass is 16.2. The van der Waals surface area contributed by atoms with Gasteiger partial charge in [-0.3, -0.25) is 4.79 Å². The van der Waals surface area contributed by atoms with E-state index in [1.807, 2.05) is 35.0 Å². The zero-order valence-electron chi connectivity index (χ0n) is 10.2. The van der Waals surface area contributed by atoms with Gasteiger partial charge in [0.25, 0.3) is 0 Å². The van der Waals surface area contributed by atoms with E-state index in [0.717, 1.165) is 29.3 Å². The summed E-state index contributed by atoms with van der Waals surface area (Å²) in [5.74, 6) is 0.0909. The van der Waals surface area contributed by atoms with Crippen molar-refractivity contribution in [2.24, 2.45) is 5.73 Å². The fourth-order valence-corrected chi connectivity index (χ4v) is 2.26. The minimum absolute atomic E-state index is 0.0909. The quantitative estimate of drug-likeness (QED) is 0.852. The van der Waals surface area contributed by atoms with E-state index in [1.54, 1.807) is 0 Å². The van der Waals surface area contributed by atoms with Gasteiger partial charge in [-0.05, 0) is 30.5 Å². The maximum Gasteiger partial charge on any atom is 0.240 e. The third-order valence-corrected chi connectivity index (χ3v) is 3.38. The molecule has 18 heavy (non-hydrogen) atoms. The second-order valence-corrected chi connectivity index (χ2v) is 4.84. The third kappa shape index (κ3) is 2.11. The van der Waals surface area contributed by atoms with E-state index in [-0.39, 0.29) is 5.91 Å². The Balaban J connectivity index is 1.85. The minimum atomic E-state index is 0.0909. The van der Waals surface area contributed by atoms with E-state index >= 15 is 0 Å². The molecule has 1 amide bonds. The van der Waals surface area contributed by atoms with Crippen molar-refractivity contribution in [2.75, 3.05) is 0 Å². The molecule has 2 aromatic rings. The first-order chi connectivity index (χ1) is 8.78. The summed E-state index contributed by atoms with van der Waals surface area (Å²) in [4.78, 5) is 11.8. The Kier molecular flexibility index (Phi) is 2.80. The number of fused-ring (bicyclic) bond motifs is 1. The number of nitrogens with one attached hydrogen (secondary N) is 1. The van der Waals surface area contributed by atoms with Gasteiger partial charge in [0.15, 0.2) is 0 Å². The number of hydrogen-bond donors (Lipinski definition) is 2. The van der Waals surface area contributed by atoms with Crippen LogP contribution in [0.3, 0.4) is 0 Å². The molecule has 0 radical (unpaired) electrons. The smallest absolute Gasteiger partial charge is 0.240 e. The summed E-state index contributed by atoms with van der Waals surface area (Å²) in [7, 11) is 0. The van der Waals surface area contributed by atoms with Crippen LogP contribution in [0, 0.1) is 0 Å². The summed E-state index contributed by atoms with van der Waals surface area (Å²) in [6.07, 6.45) is 4.20. The van der Waals surface area contributed by atoms with Crippen molar-refractivity contribution in [3.8, 4) is 0 Å². The molecule has 0 unspecified atom stereocenters. The lowest BCUT2D eigenvalue weighted by molar-refractivity contribution is -0.121. The van der Waals surface area contributed by atoms with Crippen LogP contribution < -0.4 is 11.1 Å². The highest BCUT2D eigenvalue weighted by molar-refractivity contribution is 5.86. The number of amides is 1. The first-order valence-corrected chi connectivity index (χ1v) is 6.34. The molecule has 0 aliphatic heterocycles. The molecule has 1 saturated carbocycles. The van der Waals surface area contributed by atoms with E-state index in [0.29, 0.717) is 19.1 Å². The maximum absolute atomic E-state index is 11.8. The molecule has 1 aromatic carbocycles. The second-order valence-electron chi connectivity index (χ2n) is 4.84. The molecule has 1 aliphatic carbocycles. The molecule has 0 atom stereocenters. The monoisotopic (exact) mass is 243 g/mol. The first kappa shape index (κ1) is 11.3. The van der Waals surface area contributed by atoms with Crippen LogP contribution in [0.2, 0.25) is 0 Å². The number of nitrogens with zero attached hydrogens (tertiary/aromatic N) is 1. The average molecular weight is 243 g/mol. The number of nitrogens with two attached hydrogens (primary N) is 1. The van der Waals surface area contributed by atoms with Gasteiger partial charge in [0.05, 0.1) is 0 Å². The summed E-state index contributed by atoms with van der Waals surface area (Å²) in [5, 5.41) is 4.14. The van der Waals surface area contributed by atoms with E-state index < -0.39 is 0 Å². The van der Waals surface area contributed by atoms with Gasteiger partial charge in [0, 0.05) is 29.7 Å². The lowest BCUT2D eigenvalue weighted by atomic mass is 10.1. The van der Waals surface area contributed by atoms with Crippen molar-refractivity contribution in [1.82, 2.24) is 9.88 Å². The Hall–Kier alpha value is -1.81. The first-order valence-electron chi connectivity index (χ1n) is 6.34. The molecule has 94 valence electrons. The highest BCUT2D eigenvalue weighted by Crippen LogP contribution is 2.21. The maximum atomic E-state index is 11.8. The van der Waals surface area contributed by atoms with Crippen LogP contribution >= 0.6 is 0 Å². The van der Waals surface area contributed by atoms with Crippen molar-refractivity contribution in [3.05, 3.63) is 36.0 Å². The van der Waals surface area contributed by atoms with Crippen molar-refractivity contribution >= 4 is 16.8 Å². The number of rotatable bonds is 4. The van der Waals surface area contributed by atoms with Crippen LogP contribution in [0.5, 0.6) is 0 Å². The molecule has 4 heteroatoms. The van der Waals surface area contributed by atoms with Gasteiger partial charge in [-0.2, -0.15) is 0 Å². The van der Waals surface area contributed by atoms with Crippen LogP contribution in [0.25, 0.3) is 10.9 Å². The number of hydrogen-bond acceptors (Lipinski definition) is 2. The Morgan fingerprint density at radius 3 is 2.94 bits per heavy atom. The molecule has 1 fully saturated rings. The predicted octanol–water partition coefficient (Wildman–Crippen LogP) is 1.38. The number of benzene rings is 1. The summed E-state index contributed by atoms with van der Waals surface area (Å²) in [6.45, 7) is 0.906. The van der Waals surface area contributed by atoms with Gasteiger partial charge in [0.1, 0.15) is 6.54 Å². The molecule has 0 spiro atoms. The molecule has 3 rings (SSSR count). The second kappa shape index (κ2) is 4.46. The van der Waals surface area contributed by atoms with Gasteiger partial charge in [-0.25, -0.2) is 0 Å². The summed E-state index contributed by atoms with van der Waals surface area (Å²) in [6, 6.07) is 8.48. The van der Waals surface area contributed by atoms with Gasteiger partial charge >= 0.3 is 0 Å².